The van der Waals surface area contributed by atoms with Crippen LogP contribution in [0.25, 0.3) is 0 Å². The fourth-order valence-electron chi connectivity index (χ4n) is 15.9. The highest BCUT2D eigenvalue weighted by molar-refractivity contribution is 6.06. The maximum Gasteiger partial charge on any atom is 0.419 e. The van der Waals surface area contributed by atoms with Gasteiger partial charge in [-0.05, 0) is 120 Å². The van der Waals surface area contributed by atoms with Crippen molar-refractivity contribution in [2.24, 2.45) is 46.8 Å². The number of Topliss-reactive ketones (excluding diaryl/α,β-unsaturated/α-hetero) is 3. The van der Waals surface area contributed by atoms with Crippen LogP contribution in [0.2, 0.25) is 0 Å². The Hall–Kier alpha value is -8.04. The van der Waals surface area contributed by atoms with Crippen LogP contribution < -0.4 is 10.1 Å². The highest BCUT2D eigenvalue weighted by Crippen LogP contribution is 2.52. The van der Waals surface area contributed by atoms with Gasteiger partial charge in [0.1, 0.15) is 54.1 Å². The van der Waals surface area contributed by atoms with Crippen molar-refractivity contribution in [2.45, 2.75) is 187 Å². The molecule has 1 spiro atoms. The summed E-state index contributed by atoms with van der Waals surface area (Å²) in [4.78, 5) is 204. The Kier molecular flexibility index (Phi) is 29.4. The number of likely N-dealkylation sites (N-methyl/N-ethyl adjacent to an activating group) is 7. The molecule has 9 amide bonds. The zero-order valence-corrected chi connectivity index (χ0v) is 62.9. The molecule has 28 heteroatoms. The highest BCUT2D eigenvalue weighted by Gasteiger charge is 2.59. The van der Waals surface area contributed by atoms with Gasteiger partial charge in [-0.3, -0.25) is 62.3 Å². The normalized spacial score (nSPS) is 28.2. The number of rotatable bonds is 14. The van der Waals surface area contributed by atoms with Crippen LogP contribution in [-0.4, -0.2) is 254 Å². The number of alkyl halides is 3. The molecular formula is C75H110F3N9O16. The average molecular weight is 1450 g/mol. The van der Waals surface area contributed by atoms with E-state index in [1.54, 1.807) is 32.9 Å². The smallest absolute Gasteiger partial charge is 0.419 e. The average Bonchev–Trinajstić information content (AvgIpc) is 1.37. The molecule has 1 aromatic rings. The van der Waals surface area contributed by atoms with Crippen molar-refractivity contribution in [1.29, 1.82) is 0 Å². The van der Waals surface area contributed by atoms with Crippen LogP contribution in [0.15, 0.2) is 43.0 Å². The van der Waals surface area contributed by atoms with Crippen LogP contribution in [0, 0.1) is 46.8 Å². The van der Waals surface area contributed by atoms with Crippen molar-refractivity contribution in [3.8, 4) is 5.75 Å². The third-order valence-corrected chi connectivity index (χ3v) is 22.0. The van der Waals surface area contributed by atoms with E-state index in [-0.39, 0.29) is 102 Å². The molecule has 5 aliphatic rings. The van der Waals surface area contributed by atoms with Crippen LogP contribution in [0.3, 0.4) is 0 Å². The molecule has 103 heavy (non-hydrogen) atoms. The lowest BCUT2D eigenvalue weighted by atomic mass is 9.55. The van der Waals surface area contributed by atoms with E-state index < -0.39 is 197 Å². The van der Waals surface area contributed by atoms with Crippen molar-refractivity contribution in [3.63, 3.8) is 0 Å². The number of carbonyl (C=O) groups is 13. The predicted octanol–water partition coefficient (Wildman–Crippen LogP) is 5.97. The maximum atomic E-state index is 15.8. The number of esters is 1. The van der Waals surface area contributed by atoms with Gasteiger partial charge in [-0.1, -0.05) is 71.4 Å². The minimum atomic E-state index is -4.78. The molecule has 6 rings (SSSR count). The number of benzene rings is 1. The number of fused-ring (bicyclic) bond motifs is 3. The molecule has 2 heterocycles. The number of methoxy groups -OCH3 is 1. The van der Waals surface area contributed by atoms with E-state index in [1.807, 2.05) is 20.8 Å². The van der Waals surface area contributed by atoms with Gasteiger partial charge in [-0.15, -0.1) is 0 Å². The Morgan fingerprint density at radius 2 is 1.43 bits per heavy atom. The second kappa shape index (κ2) is 36.1. The first-order valence-corrected chi connectivity index (χ1v) is 36.1. The van der Waals surface area contributed by atoms with Crippen LogP contribution >= 0.6 is 0 Å². The summed E-state index contributed by atoms with van der Waals surface area (Å²) >= 11 is 0. The molecule has 0 radical (unpaired) electrons. The lowest BCUT2D eigenvalue weighted by molar-refractivity contribution is -0.157. The molecule has 1 saturated heterocycles. The number of carbonyl (C=O) groups excluding carboxylic acids is 13. The molecule has 2 unspecified atom stereocenters. The van der Waals surface area contributed by atoms with E-state index >= 15 is 33.6 Å². The number of ether oxygens (including phenoxy) is 3. The molecule has 1 aromatic carbocycles. The second-order valence-electron chi connectivity index (χ2n) is 29.9. The van der Waals surface area contributed by atoms with Crippen LogP contribution in [0.5, 0.6) is 5.75 Å². The van der Waals surface area contributed by atoms with Crippen molar-refractivity contribution in [3.05, 3.63) is 54.1 Å². The van der Waals surface area contributed by atoms with Crippen molar-refractivity contribution in [1.82, 2.24) is 44.5 Å². The summed E-state index contributed by atoms with van der Waals surface area (Å²) in [6.07, 6.45) is 0.970. The summed E-state index contributed by atoms with van der Waals surface area (Å²) in [5.41, 5.74) is -2.84. The Bertz CT molecular complexity index is 3350. The number of hydrogen-bond donors (Lipinski definition) is 1. The molecule has 11 atom stereocenters. The zero-order valence-electron chi connectivity index (χ0n) is 62.9. The molecule has 4 fully saturated rings. The predicted molar refractivity (Wildman–Crippen MR) is 375 cm³/mol. The summed E-state index contributed by atoms with van der Waals surface area (Å²) < 4.78 is 58.6. The monoisotopic (exact) mass is 1450 g/mol. The Morgan fingerprint density at radius 1 is 0.777 bits per heavy atom. The second-order valence-corrected chi connectivity index (χ2v) is 29.9. The van der Waals surface area contributed by atoms with E-state index in [0.29, 0.717) is 12.8 Å². The van der Waals surface area contributed by atoms with E-state index in [9.17, 15) is 41.9 Å². The van der Waals surface area contributed by atoms with E-state index in [4.69, 9.17) is 14.2 Å². The Labute approximate surface area is 604 Å². The first-order chi connectivity index (χ1) is 48.3. The number of hydrogen-bond acceptors (Lipinski definition) is 16. The van der Waals surface area contributed by atoms with E-state index in [1.165, 1.54) is 84.3 Å². The molecule has 2 aliphatic heterocycles. The van der Waals surface area contributed by atoms with Gasteiger partial charge in [0.25, 0.3) is 0 Å². The van der Waals surface area contributed by atoms with Crippen molar-refractivity contribution in [2.75, 3.05) is 102 Å². The summed E-state index contributed by atoms with van der Waals surface area (Å²) in [5.74, 6) is -16.1. The lowest BCUT2D eigenvalue weighted by Crippen LogP contribution is -2.68. The number of nitrogens with one attached hydrogen (secondary N) is 1. The minimum absolute atomic E-state index is 0.0758. The van der Waals surface area contributed by atoms with Gasteiger partial charge in [0.15, 0.2) is 5.78 Å². The zero-order chi connectivity index (χ0) is 76.9. The lowest BCUT2D eigenvalue weighted by Gasteiger charge is -2.54. The summed E-state index contributed by atoms with van der Waals surface area (Å²) in [7, 11) is 10.7. The highest BCUT2D eigenvalue weighted by atomic mass is 19.4. The number of ketones is 3. The molecule has 0 aromatic heterocycles. The number of halogens is 3. The first kappa shape index (κ1) is 83.9. The third-order valence-electron chi connectivity index (χ3n) is 22.0. The van der Waals surface area contributed by atoms with Gasteiger partial charge in [0.05, 0.1) is 56.0 Å². The van der Waals surface area contributed by atoms with Gasteiger partial charge in [0.2, 0.25) is 53.2 Å². The number of aryl methyl sites for hydroxylation is 1. The van der Waals surface area contributed by atoms with Crippen molar-refractivity contribution >= 4 is 76.5 Å². The summed E-state index contributed by atoms with van der Waals surface area (Å²) in [6, 6.07) is -3.85. The van der Waals surface area contributed by atoms with Crippen LogP contribution in [0.1, 0.15) is 149 Å². The topological polar surface area (TPSA) is 288 Å². The minimum Gasteiger partial charge on any atom is -0.496 e. The quantitative estimate of drug-likeness (QED) is 0.128. The number of amides is 9. The van der Waals surface area contributed by atoms with Crippen molar-refractivity contribution < 1.29 is 89.7 Å². The van der Waals surface area contributed by atoms with E-state index in [0.717, 1.165) is 55.4 Å². The molecule has 1 N–H and O–H groups in total. The summed E-state index contributed by atoms with van der Waals surface area (Å²) in [5, 5.41) is 3.12. The molecular weight excluding hydrogens is 1340 g/mol. The first-order valence-electron chi connectivity index (χ1n) is 36.1. The van der Waals surface area contributed by atoms with Crippen LogP contribution in [0.4, 0.5) is 13.2 Å². The van der Waals surface area contributed by atoms with Gasteiger partial charge >= 0.3 is 12.1 Å². The standard InChI is InChI=1S/C75H110F3N9O16/c1-17-35-103-62(91)40-56-69(97)81(10)34-32-58(88)50(30-28-48-29-31-53(75(76,77)78)59(38-48)101-16)64(92)51-36-45(4)37-52(51)66(94)79-74(43-73(7,8)44-74)65(93)46(5)63(49-25-22-23-26-49)72(100)86(15)55(68(96)80(9)18-2)39-60(89)85(14)57(42-102-19-3)70(98)83(12)47(6)67(95)82(11)41-61(90)84(13)54-27-21-20-24-33-87(56)71(54)99/h17,20-21,29,31,38,45-47,49-52,54-57,63H,1,18-19,22-28,30,32-37,39-44H2,2-16H3,(H,79,94)/b21-20-/t45-,46?,47+,50-,51?,52-,54+,55+,56+,57+,63-/m1/s1. The molecule has 3 aliphatic carbocycles. The van der Waals surface area contributed by atoms with E-state index in [2.05, 4.69) is 11.9 Å². The maximum absolute atomic E-state index is 15.8. The summed E-state index contributed by atoms with van der Waals surface area (Å²) in [6.45, 7) is 14.3. The fraction of sp³-hybridized carbons (Fsp3) is 0.693. The fourth-order valence-corrected chi connectivity index (χ4v) is 15.9. The Morgan fingerprint density at radius 3 is 2.03 bits per heavy atom. The van der Waals surface area contributed by atoms with Gasteiger partial charge in [0, 0.05) is 99.7 Å². The SMILES string of the molecule is C=CCOC(=O)C[C@H]1C(=O)N(C)CCC(=O)[C@@H](CCc2ccc(C(F)(F)F)c(OC)c2)C(=O)C2C[C@@H](C)C[C@H]2C(=O)NC2(CC(C)(C)C2)C(=O)C(C)[C@H](C2CCCC2)C(=O)N(C)[C@H](C(=O)N(C)CC)CC(=O)N(C)[C@@H](COCC)C(=O)N(C)[C@@H](C)C(=O)N(C)CC(=O)N(C)[C@H]2C/C=C\CCN1C2=O. The molecule has 2 bridgehead atoms. The van der Waals surface area contributed by atoms with Gasteiger partial charge < -0.3 is 58.7 Å². The Balaban J connectivity index is 1.48. The van der Waals surface area contributed by atoms with Crippen LogP contribution in [-0.2, 0) is 84.4 Å². The van der Waals surface area contributed by atoms with Gasteiger partial charge in [-0.25, -0.2) is 0 Å². The number of nitrogens with zero attached hydrogens (tertiary/aromatic N) is 8. The molecule has 3 saturated carbocycles. The molecule has 25 nitrogen and oxygen atoms in total. The molecule has 572 valence electrons. The third kappa shape index (κ3) is 20.1. The van der Waals surface area contributed by atoms with Gasteiger partial charge in [-0.2, -0.15) is 13.2 Å². The largest absolute Gasteiger partial charge is 0.496 e.